The van der Waals surface area contributed by atoms with Crippen molar-refractivity contribution in [2.45, 2.75) is 20.4 Å². The predicted molar refractivity (Wildman–Crippen MR) is 85.6 cm³/mol. The van der Waals surface area contributed by atoms with Crippen LogP contribution in [0.2, 0.25) is 0 Å². The van der Waals surface area contributed by atoms with Crippen molar-refractivity contribution in [3.63, 3.8) is 0 Å². The lowest BCUT2D eigenvalue weighted by molar-refractivity contribution is 0.329. The highest BCUT2D eigenvalue weighted by molar-refractivity contribution is 5.85. The molecule has 2 heteroatoms. The highest BCUT2D eigenvalue weighted by Crippen LogP contribution is 2.19. The summed E-state index contributed by atoms with van der Waals surface area (Å²) in [5, 5.41) is 5.87. The second kappa shape index (κ2) is 8.68. The molecule has 0 aliphatic heterocycles. The number of hydrogen-bond donors (Lipinski definition) is 1. The maximum Gasteiger partial charge on any atom is 0.0237 e. The van der Waals surface area contributed by atoms with Crippen molar-refractivity contribution in [1.82, 2.24) is 10.2 Å². The lowest BCUT2D eigenvalue weighted by Gasteiger charge is -2.17. The van der Waals surface area contributed by atoms with Crippen molar-refractivity contribution in [2.24, 2.45) is 0 Å². The molecule has 0 aromatic heterocycles. The topological polar surface area (TPSA) is 15.3 Å². The SMILES string of the molecule is CC.CNCCN(C)Cc1cccc2ccccc12. The third-order valence-corrected chi connectivity index (χ3v) is 3.06. The Morgan fingerprint density at radius 3 is 2.42 bits per heavy atom. The molecule has 1 N–H and O–H groups in total. The first kappa shape index (κ1) is 15.7. The molecule has 0 aliphatic rings. The fourth-order valence-corrected chi connectivity index (χ4v) is 2.10. The minimum atomic E-state index is 1.00. The maximum absolute atomic E-state index is 3.18. The van der Waals surface area contributed by atoms with Crippen LogP contribution in [0, 0.1) is 0 Å². The Morgan fingerprint density at radius 1 is 1.00 bits per heavy atom. The molecular formula is C17H26N2. The van der Waals surface area contributed by atoms with Gasteiger partial charge in [0.1, 0.15) is 0 Å². The molecule has 2 nitrogen and oxygen atoms in total. The van der Waals surface area contributed by atoms with E-state index in [0.717, 1.165) is 19.6 Å². The first-order valence-electron chi connectivity index (χ1n) is 7.11. The van der Waals surface area contributed by atoms with Crippen molar-refractivity contribution in [2.75, 3.05) is 27.2 Å². The summed E-state index contributed by atoms with van der Waals surface area (Å²) < 4.78 is 0. The van der Waals surface area contributed by atoms with Crippen molar-refractivity contribution < 1.29 is 0 Å². The van der Waals surface area contributed by atoms with E-state index in [1.807, 2.05) is 20.9 Å². The molecule has 0 saturated carbocycles. The largest absolute Gasteiger partial charge is 0.318 e. The number of nitrogens with zero attached hydrogens (tertiary/aromatic N) is 1. The quantitative estimate of drug-likeness (QED) is 0.883. The summed E-state index contributed by atoms with van der Waals surface area (Å²) in [5.74, 6) is 0. The van der Waals surface area contributed by atoms with Crippen LogP contribution in [-0.2, 0) is 6.54 Å². The zero-order chi connectivity index (χ0) is 14.1. The fraction of sp³-hybridized carbons (Fsp3) is 0.412. The minimum Gasteiger partial charge on any atom is -0.318 e. The summed E-state index contributed by atoms with van der Waals surface area (Å²) >= 11 is 0. The lowest BCUT2D eigenvalue weighted by atomic mass is 10.0. The van der Waals surface area contributed by atoms with E-state index in [9.17, 15) is 0 Å². The summed E-state index contributed by atoms with van der Waals surface area (Å²) in [6.07, 6.45) is 0. The zero-order valence-electron chi connectivity index (χ0n) is 12.6. The van der Waals surface area contributed by atoms with Crippen molar-refractivity contribution in [3.05, 3.63) is 48.0 Å². The molecule has 0 amide bonds. The Bertz CT molecular complexity index is 474. The highest BCUT2D eigenvalue weighted by atomic mass is 15.1. The number of fused-ring (bicyclic) bond motifs is 1. The van der Waals surface area contributed by atoms with Crippen LogP contribution in [0.15, 0.2) is 42.5 Å². The third kappa shape index (κ3) is 4.66. The fourth-order valence-electron chi connectivity index (χ4n) is 2.10. The summed E-state index contributed by atoms with van der Waals surface area (Å²) in [6.45, 7) is 7.10. The summed E-state index contributed by atoms with van der Waals surface area (Å²) in [6, 6.07) is 15.1. The predicted octanol–water partition coefficient (Wildman–Crippen LogP) is 3.52. The monoisotopic (exact) mass is 258 g/mol. The number of nitrogens with one attached hydrogen (secondary N) is 1. The van der Waals surface area contributed by atoms with Crippen LogP contribution >= 0.6 is 0 Å². The number of benzene rings is 2. The number of hydrogen-bond acceptors (Lipinski definition) is 2. The molecule has 0 spiro atoms. The third-order valence-electron chi connectivity index (χ3n) is 3.06. The Hall–Kier alpha value is -1.38. The van der Waals surface area contributed by atoms with E-state index in [2.05, 4.69) is 59.7 Å². The van der Waals surface area contributed by atoms with Gasteiger partial charge in [0.25, 0.3) is 0 Å². The van der Waals surface area contributed by atoms with Gasteiger partial charge in [0.2, 0.25) is 0 Å². The molecule has 2 rings (SSSR count). The van der Waals surface area contributed by atoms with Gasteiger partial charge in [-0.1, -0.05) is 56.3 Å². The molecule has 0 heterocycles. The molecule has 0 saturated heterocycles. The number of rotatable bonds is 5. The second-order valence-electron chi connectivity index (χ2n) is 4.48. The first-order chi connectivity index (χ1) is 9.31. The molecule has 104 valence electrons. The highest BCUT2D eigenvalue weighted by Gasteiger charge is 2.03. The van der Waals surface area contributed by atoms with Crippen LogP contribution in [0.1, 0.15) is 19.4 Å². The summed E-state index contributed by atoms with van der Waals surface area (Å²) in [4.78, 5) is 2.35. The smallest absolute Gasteiger partial charge is 0.0237 e. The van der Waals surface area contributed by atoms with Crippen LogP contribution in [0.4, 0.5) is 0 Å². The second-order valence-corrected chi connectivity index (χ2v) is 4.48. The van der Waals surface area contributed by atoms with Gasteiger partial charge in [-0.3, -0.25) is 0 Å². The van der Waals surface area contributed by atoms with Crippen LogP contribution in [0.25, 0.3) is 10.8 Å². The van der Waals surface area contributed by atoms with E-state index in [-0.39, 0.29) is 0 Å². The zero-order valence-corrected chi connectivity index (χ0v) is 12.6. The average Bonchev–Trinajstić information content (AvgIpc) is 2.48. The van der Waals surface area contributed by atoms with Gasteiger partial charge in [-0.05, 0) is 30.4 Å². The molecule has 0 unspecified atom stereocenters. The molecule has 2 aromatic carbocycles. The molecule has 0 fully saturated rings. The van der Waals surface area contributed by atoms with Crippen molar-refractivity contribution in [3.8, 4) is 0 Å². The molecule has 0 radical (unpaired) electrons. The molecule has 19 heavy (non-hydrogen) atoms. The van der Waals surface area contributed by atoms with E-state index in [1.54, 1.807) is 0 Å². The van der Waals surface area contributed by atoms with Gasteiger partial charge in [-0.25, -0.2) is 0 Å². The Labute approximate surface area is 117 Å². The van der Waals surface area contributed by atoms with E-state index in [4.69, 9.17) is 0 Å². The van der Waals surface area contributed by atoms with Crippen LogP contribution in [-0.4, -0.2) is 32.1 Å². The molecule has 0 atom stereocenters. The van der Waals surface area contributed by atoms with Gasteiger partial charge in [0.15, 0.2) is 0 Å². The van der Waals surface area contributed by atoms with Gasteiger partial charge < -0.3 is 10.2 Å². The Balaban J connectivity index is 0.000000861. The molecule has 2 aromatic rings. The van der Waals surface area contributed by atoms with Gasteiger partial charge >= 0.3 is 0 Å². The van der Waals surface area contributed by atoms with Gasteiger partial charge in [-0.15, -0.1) is 0 Å². The minimum absolute atomic E-state index is 1.00. The summed E-state index contributed by atoms with van der Waals surface area (Å²) in [7, 11) is 4.16. The first-order valence-corrected chi connectivity index (χ1v) is 7.11. The van der Waals surface area contributed by atoms with E-state index in [0.29, 0.717) is 0 Å². The normalized spacial score (nSPS) is 10.4. The van der Waals surface area contributed by atoms with Crippen LogP contribution in [0.5, 0.6) is 0 Å². The number of likely N-dealkylation sites (N-methyl/N-ethyl adjacent to an activating group) is 2. The summed E-state index contributed by atoms with van der Waals surface area (Å²) in [5.41, 5.74) is 1.40. The van der Waals surface area contributed by atoms with E-state index in [1.165, 1.54) is 16.3 Å². The average molecular weight is 258 g/mol. The molecule has 0 aliphatic carbocycles. The Morgan fingerprint density at radius 2 is 1.68 bits per heavy atom. The molecule has 0 bridgehead atoms. The van der Waals surface area contributed by atoms with E-state index < -0.39 is 0 Å². The van der Waals surface area contributed by atoms with Crippen molar-refractivity contribution in [1.29, 1.82) is 0 Å². The van der Waals surface area contributed by atoms with Crippen LogP contribution in [0.3, 0.4) is 0 Å². The van der Waals surface area contributed by atoms with Crippen molar-refractivity contribution >= 4 is 10.8 Å². The van der Waals surface area contributed by atoms with Gasteiger partial charge in [0, 0.05) is 19.6 Å². The van der Waals surface area contributed by atoms with Gasteiger partial charge in [0.05, 0.1) is 0 Å². The van der Waals surface area contributed by atoms with E-state index >= 15 is 0 Å². The Kier molecular flexibility index (Phi) is 7.16. The lowest BCUT2D eigenvalue weighted by Crippen LogP contribution is -2.26. The standard InChI is InChI=1S/C15H20N2.C2H6/c1-16-10-11-17(2)12-14-8-5-7-13-6-3-4-9-15(13)14;1-2/h3-9,16H,10-12H2,1-2H3;1-2H3. The van der Waals surface area contributed by atoms with Crippen LogP contribution < -0.4 is 5.32 Å². The van der Waals surface area contributed by atoms with Gasteiger partial charge in [-0.2, -0.15) is 0 Å². The molecular weight excluding hydrogens is 232 g/mol. The maximum atomic E-state index is 3.18.